The molecule has 0 radical (unpaired) electrons. The van der Waals surface area contributed by atoms with Crippen LogP contribution in [0.15, 0.2) is 24.3 Å². The molecule has 2 nitrogen and oxygen atoms in total. The third-order valence-electron chi connectivity index (χ3n) is 3.38. The van der Waals surface area contributed by atoms with Crippen molar-refractivity contribution in [2.75, 3.05) is 0 Å². The highest BCUT2D eigenvalue weighted by atomic mass is 32.1. The summed E-state index contributed by atoms with van der Waals surface area (Å²) >= 11 is 1.57. The van der Waals surface area contributed by atoms with Gasteiger partial charge in [-0.25, -0.2) is 4.98 Å². The molecule has 0 aliphatic rings. The van der Waals surface area contributed by atoms with E-state index in [0.29, 0.717) is 5.92 Å². The molecule has 0 saturated carbocycles. The van der Waals surface area contributed by atoms with E-state index in [1.807, 2.05) is 6.92 Å². The lowest BCUT2D eigenvalue weighted by Gasteiger charge is -2.08. The molecular formula is C15H19NOS. The second-order valence-electron chi connectivity index (χ2n) is 4.62. The molecule has 0 aliphatic heterocycles. The van der Waals surface area contributed by atoms with Crippen LogP contribution in [0.25, 0.3) is 10.6 Å². The van der Waals surface area contributed by atoms with Gasteiger partial charge in [-0.3, -0.25) is 0 Å². The second-order valence-corrected chi connectivity index (χ2v) is 5.70. The summed E-state index contributed by atoms with van der Waals surface area (Å²) in [7, 11) is 0. The number of aliphatic hydroxyl groups excluding tert-OH is 1. The van der Waals surface area contributed by atoms with E-state index in [1.54, 1.807) is 11.3 Å². The lowest BCUT2D eigenvalue weighted by Crippen LogP contribution is -1.90. The fraction of sp³-hybridized carbons (Fsp3) is 0.400. The van der Waals surface area contributed by atoms with Gasteiger partial charge in [-0.1, -0.05) is 38.1 Å². The fourth-order valence-electron chi connectivity index (χ4n) is 1.89. The molecule has 1 aromatic carbocycles. The molecule has 1 atom stereocenters. The van der Waals surface area contributed by atoms with Crippen LogP contribution in [0.1, 0.15) is 42.3 Å². The predicted molar refractivity (Wildman–Crippen MR) is 76.9 cm³/mol. The molecule has 0 saturated heterocycles. The van der Waals surface area contributed by atoms with Gasteiger partial charge in [0.05, 0.1) is 17.2 Å². The van der Waals surface area contributed by atoms with E-state index in [2.05, 4.69) is 43.1 Å². The summed E-state index contributed by atoms with van der Waals surface area (Å²) in [5.41, 5.74) is 3.44. The van der Waals surface area contributed by atoms with Gasteiger partial charge in [0.15, 0.2) is 0 Å². The van der Waals surface area contributed by atoms with Crippen molar-refractivity contribution in [1.82, 2.24) is 4.98 Å². The van der Waals surface area contributed by atoms with Crippen LogP contribution < -0.4 is 0 Å². The lowest BCUT2D eigenvalue weighted by molar-refractivity contribution is 0.284. The molecular weight excluding hydrogens is 242 g/mol. The third-order valence-corrected chi connectivity index (χ3v) is 4.57. The number of hydrogen-bond donors (Lipinski definition) is 1. The van der Waals surface area contributed by atoms with Gasteiger partial charge in [-0.05, 0) is 24.8 Å². The number of aliphatic hydroxyl groups is 1. The Labute approximate surface area is 112 Å². The molecule has 1 heterocycles. The Morgan fingerprint density at radius 2 is 1.94 bits per heavy atom. The predicted octanol–water partition coefficient (Wildman–Crippen LogP) is 4.12. The van der Waals surface area contributed by atoms with Crippen LogP contribution in [0.5, 0.6) is 0 Å². The molecule has 0 aliphatic carbocycles. The van der Waals surface area contributed by atoms with Crippen LogP contribution in [-0.4, -0.2) is 10.1 Å². The largest absolute Gasteiger partial charge is 0.391 e. The highest BCUT2D eigenvalue weighted by Gasteiger charge is 2.09. The summed E-state index contributed by atoms with van der Waals surface area (Å²) in [6, 6.07) is 8.61. The van der Waals surface area contributed by atoms with Crippen LogP contribution in [0.4, 0.5) is 0 Å². The summed E-state index contributed by atoms with van der Waals surface area (Å²) in [6.07, 6.45) is 1.16. The van der Waals surface area contributed by atoms with Gasteiger partial charge in [-0.15, -0.1) is 11.3 Å². The Bertz CT molecular complexity index is 516. The van der Waals surface area contributed by atoms with Crippen LogP contribution in [-0.2, 0) is 6.61 Å². The van der Waals surface area contributed by atoms with E-state index in [4.69, 9.17) is 0 Å². The molecule has 18 heavy (non-hydrogen) atoms. The monoisotopic (exact) mass is 261 g/mol. The SMILES string of the molecule is CCC(C)c1ccc(-c2nc(C)c(CO)s2)cc1. The Kier molecular flexibility index (Phi) is 4.15. The normalized spacial score (nSPS) is 12.7. The first kappa shape index (κ1) is 13.2. The van der Waals surface area contributed by atoms with Crippen molar-refractivity contribution < 1.29 is 5.11 Å². The molecule has 1 aromatic heterocycles. The standard InChI is InChI=1S/C15H19NOS/c1-4-10(2)12-5-7-13(8-6-12)15-16-11(3)14(9-17)18-15/h5-8,10,17H,4,9H2,1-3H3. The maximum atomic E-state index is 9.20. The van der Waals surface area contributed by atoms with Crippen LogP contribution >= 0.6 is 11.3 Å². The van der Waals surface area contributed by atoms with Gasteiger partial charge >= 0.3 is 0 Å². The zero-order chi connectivity index (χ0) is 13.1. The molecule has 2 rings (SSSR count). The molecule has 96 valence electrons. The van der Waals surface area contributed by atoms with Crippen molar-refractivity contribution in [3.05, 3.63) is 40.4 Å². The number of hydrogen-bond acceptors (Lipinski definition) is 3. The first-order chi connectivity index (χ1) is 8.65. The average Bonchev–Trinajstić information content (AvgIpc) is 2.79. The average molecular weight is 261 g/mol. The molecule has 1 unspecified atom stereocenters. The van der Waals surface area contributed by atoms with Crippen molar-refractivity contribution in [1.29, 1.82) is 0 Å². The van der Waals surface area contributed by atoms with E-state index < -0.39 is 0 Å². The molecule has 0 bridgehead atoms. The smallest absolute Gasteiger partial charge is 0.123 e. The topological polar surface area (TPSA) is 33.1 Å². The number of rotatable bonds is 4. The van der Waals surface area contributed by atoms with E-state index >= 15 is 0 Å². The summed E-state index contributed by atoms with van der Waals surface area (Å²) in [5.74, 6) is 0.602. The number of nitrogens with zero attached hydrogens (tertiary/aromatic N) is 1. The Balaban J connectivity index is 2.28. The van der Waals surface area contributed by atoms with Gasteiger partial charge in [0, 0.05) is 5.56 Å². The molecule has 1 N–H and O–H groups in total. The van der Waals surface area contributed by atoms with Gasteiger partial charge < -0.3 is 5.11 Å². The highest BCUT2D eigenvalue weighted by Crippen LogP contribution is 2.29. The zero-order valence-electron chi connectivity index (χ0n) is 11.1. The van der Waals surface area contributed by atoms with Crippen LogP contribution in [0.2, 0.25) is 0 Å². The summed E-state index contributed by atoms with van der Waals surface area (Å²) in [4.78, 5) is 5.46. The van der Waals surface area contributed by atoms with Crippen LogP contribution in [0, 0.1) is 6.92 Å². The number of thiazole rings is 1. The van der Waals surface area contributed by atoms with Gasteiger partial charge in [0.1, 0.15) is 5.01 Å². The van der Waals surface area contributed by atoms with Gasteiger partial charge in [-0.2, -0.15) is 0 Å². The van der Waals surface area contributed by atoms with Gasteiger partial charge in [0.25, 0.3) is 0 Å². The van der Waals surface area contributed by atoms with Gasteiger partial charge in [0.2, 0.25) is 0 Å². The summed E-state index contributed by atoms with van der Waals surface area (Å²) in [5, 5.41) is 10.2. The number of aromatic nitrogens is 1. The first-order valence-electron chi connectivity index (χ1n) is 6.33. The third kappa shape index (κ3) is 2.62. The second kappa shape index (κ2) is 5.63. The van der Waals surface area contributed by atoms with E-state index in [-0.39, 0.29) is 6.61 Å². The Morgan fingerprint density at radius 3 is 2.44 bits per heavy atom. The maximum absolute atomic E-state index is 9.20. The van der Waals surface area contributed by atoms with E-state index in [9.17, 15) is 5.11 Å². The molecule has 0 fully saturated rings. The summed E-state index contributed by atoms with van der Waals surface area (Å²) < 4.78 is 0. The van der Waals surface area contributed by atoms with E-state index in [0.717, 1.165) is 27.6 Å². The lowest BCUT2D eigenvalue weighted by atomic mass is 9.98. The Morgan fingerprint density at radius 1 is 1.28 bits per heavy atom. The minimum absolute atomic E-state index is 0.0778. The minimum Gasteiger partial charge on any atom is -0.391 e. The van der Waals surface area contributed by atoms with Crippen LogP contribution in [0.3, 0.4) is 0 Å². The quantitative estimate of drug-likeness (QED) is 0.898. The zero-order valence-corrected chi connectivity index (χ0v) is 11.9. The molecule has 2 aromatic rings. The van der Waals surface area contributed by atoms with Crippen molar-refractivity contribution >= 4 is 11.3 Å². The fourth-order valence-corrected chi connectivity index (χ4v) is 2.82. The van der Waals surface area contributed by atoms with Crippen molar-refractivity contribution in [3.63, 3.8) is 0 Å². The van der Waals surface area contributed by atoms with Crippen molar-refractivity contribution in [2.45, 2.75) is 39.7 Å². The first-order valence-corrected chi connectivity index (χ1v) is 7.14. The van der Waals surface area contributed by atoms with E-state index in [1.165, 1.54) is 5.56 Å². The number of benzene rings is 1. The number of aryl methyl sites for hydroxylation is 1. The molecule has 0 amide bonds. The Hall–Kier alpha value is -1.19. The molecule has 0 spiro atoms. The van der Waals surface area contributed by atoms with Crippen molar-refractivity contribution in [3.8, 4) is 10.6 Å². The maximum Gasteiger partial charge on any atom is 0.123 e. The summed E-state index contributed by atoms with van der Waals surface area (Å²) in [6.45, 7) is 6.47. The molecule has 3 heteroatoms. The highest BCUT2D eigenvalue weighted by molar-refractivity contribution is 7.15. The minimum atomic E-state index is 0.0778. The van der Waals surface area contributed by atoms with Crippen molar-refractivity contribution in [2.24, 2.45) is 0 Å².